The second-order valence-corrected chi connectivity index (χ2v) is 5.32. The highest BCUT2D eigenvalue weighted by Crippen LogP contribution is 2.54. The smallest absolute Gasteiger partial charge is 0.0702 e. The van der Waals surface area contributed by atoms with Crippen LogP contribution in [0.25, 0.3) is 10.9 Å². The molecule has 0 amide bonds. The molecule has 1 saturated carbocycles. The predicted octanol–water partition coefficient (Wildman–Crippen LogP) is 4.51. The zero-order valence-electron chi connectivity index (χ0n) is 10.7. The lowest BCUT2D eigenvalue weighted by atomic mass is 10.0. The van der Waals surface area contributed by atoms with Gasteiger partial charge >= 0.3 is 0 Å². The highest BCUT2D eigenvalue weighted by molar-refractivity contribution is 5.79. The Balaban J connectivity index is 1.66. The van der Waals surface area contributed by atoms with E-state index in [0.717, 1.165) is 5.52 Å². The number of nitrogens with zero attached hydrogens (tertiary/aromatic N) is 1. The fourth-order valence-corrected chi connectivity index (χ4v) is 2.92. The summed E-state index contributed by atoms with van der Waals surface area (Å²) in [4.78, 5) is 4.57. The Morgan fingerprint density at radius 2 is 1.53 bits per heavy atom. The minimum absolute atomic E-state index is 0.652. The summed E-state index contributed by atoms with van der Waals surface area (Å²) in [5.74, 6) is 1.34. The van der Waals surface area contributed by atoms with E-state index in [4.69, 9.17) is 0 Å². The van der Waals surface area contributed by atoms with Crippen molar-refractivity contribution in [3.8, 4) is 0 Å². The molecule has 0 bridgehead atoms. The maximum atomic E-state index is 4.57. The van der Waals surface area contributed by atoms with Crippen LogP contribution in [0.4, 0.5) is 0 Å². The zero-order chi connectivity index (χ0) is 12.7. The summed E-state index contributed by atoms with van der Waals surface area (Å²) < 4.78 is 0. The largest absolute Gasteiger partial charge is 0.256 e. The molecule has 0 unspecified atom stereocenters. The van der Waals surface area contributed by atoms with E-state index in [-0.39, 0.29) is 0 Å². The minimum atomic E-state index is 0.652. The van der Waals surface area contributed by atoms with E-state index >= 15 is 0 Å². The summed E-state index contributed by atoms with van der Waals surface area (Å²) in [6.45, 7) is 0. The molecule has 0 N–H and O–H groups in total. The molecule has 0 saturated heterocycles. The quantitative estimate of drug-likeness (QED) is 0.647. The molecule has 1 aliphatic carbocycles. The van der Waals surface area contributed by atoms with Gasteiger partial charge in [-0.3, -0.25) is 4.98 Å². The van der Waals surface area contributed by atoms with Crippen molar-refractivity contribution < 1.29 is 0 Å². The molecule has 1 heterocycles. The van der Waals surface area contributed by atoms with E-state index in [0.29, 0.717) is 11.8 Å². The first-order chi connectivity index (χ1) is 9.42. The number of benzene rings is 2. The fraction of sp³-hybridized carbons (Fsp3) is 0.167. The van der Waals surface area contributed by atoms with Crippen LogP contribution >= 0.6 is 0 Å². The van der Waals surface area contributed by atoms with Gasteiger partial charge in [-0.15, -0.1) is 0 Å². The number of fused-ring (bicyclic) bond motifs is 1. The van der Waals surface area contributed by atoms with Gasteiger partial charge in [-0.2, -0.15) is 0 Å². The molecular weight excluding hydrogens is 230 g/mol. The fourth-order valence-electron chi connectivity index (χ4n) is 2.92. The zero-order valence-corrected chi connectivity index (χ0v) is 10.7. The van der Waals surface area contributed by atoms with Gasteiger partial charge in [0.15, 0.2) is 0 Å². The van der Waals surface area contributed by atoms with E-state index < -0.39 is 0 Å². The van der Waals surface area contributed by atoms with Crippen molar-refractivity contribution in [1.82, 2.24) is 4.98 Å². The Hall–Kier alpha value is -2.15. The molecule has 92 valence electrons. The van der Waals surface area contributed by atoms with E-state index in [1.165, 1.54) is 22.9 Å². The van der Waals surface area contributed by atoms with Crippen molar-refractivity contribution in [1.29, 1.82) is 0 Å². The van der Waals surface area contributed by atoms with E-state index in [1.54, 1.807) is 0 Å². The van der Waals surface area contributed by atoms with E-state index in [2.05, 4.69) is 65.8 Å². The molecule has 1 fully saturated rings. The molecular formula is C18H15N. The van der Waals surface area contributed by atoms with Crippen molar-refractivity contribution in [2.45, 2.75) is 18.3 Å². The lowest BCUT2D eigenvalue weighted by molar-refractivity contribution is 1.02. The molecule has 4 rings (SSSR count). The van der Waals surface area contributed by atoms with Crippen LogP contribution in [0.3, 0.4) is 0 Å². The first-order valence-corrected chi connectivity index (χ1v) is 6.81. The van der Waals surface area contributed by atoms with E-state index in [9.17, 15) is 0 Å². The number of para-hydroxylation sites is 1. The lowest BCUT2D eigenvalue weighted by Crippen LogP contribution is -1.87. The molecule has 2 aromatic carbocycles. The standard InChI is InChI=1S/C18H15N/c1-2-6-13(7-3-1)16-11-17(16)15-10-14-8-4-5-9-18(14)19-12-15/h1-10,12,16-17H,11H2/t16-,17-/m1/s1. The van der Waals surface area contributed by atoms with Crippen LogP contribution in [0.5, 0.6) is 0 Å². The number of hydrogen-bond donors (Lipinski definition) is 0. The minimum Gasteiger partial charge on any atom is -0.256 e. The third-order valence-electron chi connectivity index (χ3n) is 4.06. The van der Waals surface area contributed by atoms with Crippen LogP contribution in [0, 0.1) is 0 Å². The van der Waals surface area contributed by atoms with Crippen molar-refractivity contribution in [2.24, 2.45) is 0 Å². The Morgan fingerprint density at radius 1 is 0.789 bits per heavy atom. The topological polar surface area (TPSA) is 12.9 Å². The maximum Gasteiger partial charge on any atom is 0.0702 e. The van der Waals surface area contributed by atoms with Gasteiger partial charge in [0.05, 0.1) is 5.52 Å². The van der Waals surface area contributed by atoms with Gasteiger partial charge in [-0.25, -0.2) is 0 Å². The SMILES string of the molecule is c1ccc([C@H]2C[C@@H]2c2cnc3ccccc3c2)cc1. The number of aromatic nitrogens is 1. The van der Waals surface area contributed by atoms with Gasteiger partial charge in [0, 0.05) is 11.6 Å². The summed E-state index contributed by atoms with van der Waals surface area (Å²) in [7, 11) is 0. The Kier molecular flexibility index (Phi) is 2.37. The Morgan fingerprint density at radius 3 is 2.42 bits per heavy atom. The van der Waals surface area contributed by atoms with Gasteiger partial charge in [0.25, 0.3) is 0 Å². The Bertz CT molecular complexity index is 718. The molecule has 2 atom stereocenters. The van der Waals surface area contributed by atoms with Gasteiger partial charge in [-0.1, -0.05) is 48.5 Å². The molecule has 0 radical (unpaired) electrons. The Labute approximate surface area is 112 Å². The third-order valence-corrected chi connectivity index (χ3v) is 4.06. The van der Waals surface area contributed by atoms with Crippen molar-refractivity contribution in [3.05, 3.63) is 78.0 Å². The van der Waals surface area contributed by atoms with Gasteiger partial charge in [-0.05, 0) is 41.5 Å². The number of rotatable bonds is 2. The number of hydrogen-bond acceptors (Lipinski definition) is 1. The maximum absolute atomic E-state index is 4.57. The first kappa shape index (κ1) is 10.7. The van der Waals surface area contributed by atoms with Crippen LogP contribution in [-0.2, 0) is 0 Å². The van der Waals surface area contributed by atoms with Crippen molar-refractivity contribution >= 4 is 10.9 Å². The second-order valence-electron chi connectivity index (χ2n) is 5.32. The van der Waals surface area contributed by atoms with Crippen molar-refractivity contribution in [2.75, 3.05) is 0 Å². The van der Waals surface area contributed by atoms with Gasteiger partial charge in [0.2, 0.25) is 0 Å². The van der Waals surface area contributed by atoms with E-state index in [1.807, 2.05) is 6.07 Å². The molecule has 1 aliphatic rings. The summed E-state index contributed by atoms with van der Waals surface area (Å²) >= 11 is 0. The molecule has 19 heavy (non-hydrogen) atoms. The van der Waals surface area contributed by atoms with Crippen molar-refractivity contribution in [3.63, 3.8) is 0 Å². The monoisotopic (exact) mass is 245 g/mol. The second kappa shape index (κ2) is 4.20. The molecule has 1 aromatic heterocycles. The summed E-state index contributed by atoms with van der Waals surface area (Å²) in [6, 6.07) is 21.4. The van der Waals surface area contributed by atoms with Gasteiger partial charge < -0.3 is 0 Å². The van der Waals surface area contributed by atoms with Crippen LogP contribution < -0.4 is 0 Å². The van der Waals surface area contributed by atoms with Crippen LogP contribution in [0.2, 0.25) is 0 Å². The number of pyridine rings is 1. The third kappa shape index (κ3) is 1.91. The average molecular weight is 245 g/mol. The normalized spacial score (nSPS) is 21.5. The summed E-state index contributed by atoms with van der Waals surface area (Å²) in [5.41, 5.74) is 3.93. The summed E-state index contributed by atoms with van der Waals surface area (Å²) in [6.07, 6.45) is 3.31. The molecule has 1 nitrogen and oxygen atoms in total. The predicted molar refractivity (Wildman–Crippen MR) is 78.3 cm³/mol. The molecule has 1 heteroatoms. The van der Waals surface area contributed by atoms with Crippen LogP contribution in [0.1, 0.15) is 29.4 Å². The molecule has 3 aromatic rings. The highest BCUT2D eigenvalue weighted by atomic mass is 14.7. The van der Waals surface area contributed by atoms with Crippen LogP contribution in [-0.4, -0.2) is 4.98 Å². The lowest BCUT2D eigenvalue weighted by Gasteiger charge is -2.03. The summed E-state index contributed by atoms with van der Waals surface area (Å²) in [5, 5.41) is 1.25. The average Bonchev–Trinajstić information content (AvgIpc) is 3.28. The van der Waals surface area contributed by atoms with Crippen LogP contribution in [0.15, 0.2) is 66.9 Å². The van der Waals surface area contributed by atoms with Gasteiger partial charge in [0.1, 0.15) is 0 Å². The molecule has 0 spiro atoms. The molecule has 0 aliphatic heterocycles. The first-order valence-electron chi connectivity index (χ1n) is 6.81. The highest BCUT2D eigenvalue weighted by Gasteiger charge is 2.39.